The van der Waals surface area contributed by atoms with E-state index in [4.69, 9.17) is 0 Å². The zero-order chi connectivity index (χ0) is 12.3. The molecular formula is C13H19N3O. The Morgan fingerprint density at radius 1 is 1.47 bits per heavy atom. The first-order valence-electron chi connectivity index (χ1n) is 5.92. The summed E-state index contributed by atoms with van der Waals surface area (Å²) in [7, 11) is 4.09. The minimum Gasteiger partial charge on any atom is -0.381 e. The van der Waals surface area contributed by atoms with Crippen LogP contribution in [0.15, 0.2) is 24.3 Å². The van der Waals surface area contributed by atoms with Gasteiger partial charge in [0.15, 0.2) is 0 Å². The van der Waals surface area contributed by atoms with E-state index >= 15 is 0 Å². The Morgan fingerprint density at radius 3 is 2.94 bits per heavy atom. The van der Waals surface area contributed by atoms with Crippen molar-refractivity contribution in [3.63, 3.8) is 0 Å². The van der Waals surface area contributed by atoms with Crippen LogP contribution in [0.25, 0.3) is 0 Å². The Morgan fingerprint density at radius 2 is 2.24 bits per heavy atom. The molecule has 0 saturated heterocycles. The maximum atomic E-state index is 11.1. The van der Waals surface area contributed by atoms with Crippen molar-refractivity contribution < 1.29 is 4.79 Å². The molecule has 1 unspecified atom stereocenters. The molecule has 2 rings (SSSR count). The van der Waals surface area contributed by atoms with E-state index in [2.05, 4.69) is 27.2 Å². The van der Waals surface area contributed by atoms with Crippen LogP contribution in [-0.4, -0.2) is 51.0 Å². The molecule has 92 valence electrons. The van der Waals surface area contributed by atoms with Crippen molar-refractivity contribution in [1.82, 2.24) is 4.90 Å². The standard InChI is InChI=1S/C13H19N3O/c1-15(2)7-8-16-11(10-17)9-14-12-5-3-4-6-13(12)16/h3-6,10-11,14H,7-9H2,1-2H3. The van der Waals surface area contributed by atoms with E-state index in [1.807, 2.05) is 26.2 Å². The number of benzene rings is 1. The van der Waals surface area contributed by atoms with E-state index in [1.165, 1.54) is 0 Å². The fraction of sp³-hybridized carbons (Fsp3) is 0.462. The predicted octanol–water partition coefficient (Wildman–Crippen LogP) is 1.05. The first-order chi connectivity index (χ1) is 8.22. The van der Waals surface area contributed by atoms with Crippen molar-refractivity contribution in [3.8, 4) is 0 Å². The molecule has 1 aliphatic heterocycles. The van der Waals surface area contributed by atoms with Crippen LogP contribution in [0, 0.1) is 0 Å². The number of nitrogens with zero attached hydrogens (tertiary/aromatic N) is 2. The lowest BCUT2D eigenvalue weighted by Gasteiger charge is -2.37. The number of aldehydes is 1. The Hall–Kier alpha value is -1.55. The van der Waals surface area contributed by atoms with Crippen LogP contribution in [-0.2, 0) is 4.79 Å². The summed E-state index contributed by atoms with van der Waals surface area (Å²) >= 11 is 0. The summed E-state index contributed by atoms with van der Waals surface area (Å²) in [6.07, 6.45) is 1.03. The lowest BCUT2D eigenvalue weighted by molar-refractivity contribution is -0.108. The second-order valence-electron chi connectivity index (χ2n) is 4.60. The average molecular weight is 233 g/mol. The number of hydrogen-bond acceptors (Lipinski definition) is 4. The highest BCUT2D eigenvalue weighted by molar-refractivity contribution is 5.79. The molecule has 1 atom stereocenters. The molecule has 0 bridgehead atoms. The molecule has 1 N–H and O–H groups in total. The van der Waals surface area contributed by atoms with Crippen LogP contribution in [0.4, 0.5) is 11.4 Å². The van der Waals surface area contributed by atoms with Crippen LogP contribution in [0.2, 0.25) is 0 Å². The fourth-order valence-corrected chi connectivity index (χ4v) is 2.09. The molecule has 0 amide bonds. The summed E-state index contributed by atoms with van der Waals surface area (Å²) in [6.45, 7) is 2.50. The molecule has 0 aliphatic carbocycles. The molecule has 1 aromatic rings. The number of nitrogens with one attached hydrogen (secondary N) is 1. The number of rotatable bonds is 4. The van der Waals surface area contributed by atoms with Gasteiger partial charge in [-0.15, -0.1) is 0 Å². The third-order valence-corrected chi connectivity index (χ3v) is 3.06. The van der Waals surface area contributed by atoms with Crippen molar-refractivity contribution in [2.75, 3.05) is 43.9 Å². The second-order valence-corrected chi connectivity index (χ2v) is 4.60. The monoisotopic (exact) mass is 233 g/mol. The molecule has 0 saturated carbocycles. The largest absolute Gasteiger partial charge is 0.381 e. The Kier molecular flexibility index (Phi) is 3.64. The first kappa shape index (κ1) is 11.9. The number of likely N-dealkylation sites (N-methyl/N-ethyl adjacent to an activating group) is 1. The highest BCUT2D eigenvalue weighted by atomic mass is 16.1. The molecule has 1 heterocycles. The lowest BCUT2D eigenvalue weighted by Crippen LogP contribution is -2.47. The first-order valence-corrected chi connectivity index (χ1v) is 5.92. The number of para-hydroxylation sites is 2. The third kappa shape index (κ3) is 2.58. The molecular weight excluding hydrogens is 214 g/mol. The van der Waals surface area contributed by atoms with Gasteiger partial charge in [-0.25, -0.2) is 0 Å². The van der Waals surface area contributed by atoms with Crippen molar-refractivity contribution in [1.29, 1.82) is 0 Å². The highest BCUT2D eigenvalue weighted by Gasteiger charge is 2.24. The van der Waals surface area contributed by atoms with Gasteiger partial charge in [0.2, 0.25) is 0 Å². The van der Waals surface area contributed by atoms with Gasteiger partial charge in [0.1, 0.15) is 12.3 Å². The van der Waals surface area contributed by atoms with Crippen molar-refractivity contribution in [2.24, 2.45) is 0 Å². The zero-order valence-corrected chi connectivity index (χ0v) is 10.4. The van der Waals surface area contributed by atoms with Crippen LogP contribution in [0.3, 0.4) is 0 Å². The topological polar surface area (TPSA) is 35.6 Å². The van der Waals surface area contributed by atoms with Gasteiger partial charge >= 0.3 is 0 Å². The maximum Gasteiger partial charge on any atom is 0.144 e. The molecule has 1 aromatic carbocycles. The van der Waals surface area contributed by atoms with E-state index in [0.717, 1.165) is 30.8 Å². The Labute approximate surface area is 102 Å². The van der Waals surface area contributed by atoms with Crippen molar-refractivity contribution in [2.45, 2.75) is 6.04 Å². The van der Waals surface area contributed by atoms with Crippen LogP contribution >= 0.6 is 0 Å². The summed E-state index contributed by atoms with van der Waals surface area (Å²) in [6, 6.07) is 8.07. The van der Waals surface area contributed by atoms with Gasteiger partial charge in [0, 0.05) is 19.6 Å². The molecule has 4 heteroatoms. The van der Waals surface area contributed by atoms with E-state index in [-0.39, 0.29) is 6.04 Å². The van der Waals surface area contributed by atoms with Gasteiger partial charge in [-0.2, -0.15) is 0 Å². The lowest BCUT2D eigenvalue weighted by atomic mass is 10.1. The van der Waals surface area contributed by atoms with Gasteiger partial charge in [-0.3, -0.25) is 0 Å². The van der Waals surface area contributed by atoms with E-state index < -0.39 is 0 Å². The number of hydrogen-bond donors (Lipinski definition) is 1. The summed E-state index contributed by atoms with van der Waals surface area (Å²) in [5.41, 5.74) is 2.24. The summed E-state index contributed by atoms with van der Waals surface area (Å²) in [4.78, 5) is 15.4. The highest BCUT2D eigenvalue weighted by Crippen LogP contribution is 2.30. The van der Waals surface area contributed by atoms with Gasteiger partial charge in [0.05, 0.1) is 11.4 Å². The number of carbonyl (C=O) groups excluding carboxylic acids is 1. The van der Waals surface area contributed by atoms with E-state index in [9.17, 15) is 4.79 Å². The van der Waals surface area contributed by atoms with Gasteiger partial charge in [0.25, 0.3) is 0 Å². The smallest absolute Gasteiger partial charge is 0.144 e. The molecule has 17 heavy (non-hydrogen) atoms. The Balaban J connectivity index is 2.21. The molecule has 1 aliphatic rings. The third-order valence-electron chi connectivity index (χ3n) is 3.06. The molecule has 0 fully saturated rings. The van der Waals surface area contributed by atoms with Crippen LogP contribution in [0.1, 0.15) is 0 Å². The fourth-order valence-electron chi connectivity index (χ4n) is 2.09. The quantitative estimate of drug-likeness (QED) is 0.788. The van der Waals surface area contributed by atoms with Crippen molar-refractivity contribution >= 4 is 17.7 Å². The second kappa shape index (κ2) is 5.19. The number of fused-ring (bicyclic) bond motifs is 1. The molecule has 4 nitrogen and oxygen atoms in total. The van der Waals surface area contributed by atoms with E-state index in [1.54, 1.807) is 0 Å². The summed E-state index contributed by atoms with van der Waals surface area (Å²) in [5.74, 6) is 0. The zero-order valence-electron chi connectivity index (χ0n) is 10.4. The average Bonchev–Trinajstić information content (AvgIpc) is 2.35. The SMILES string of the molecule is CN(C)CCN1c2ccccc2NCC1C=O. The van der Waals surface area contributed by atoms with Gasteiger partial charge in [-0.1, -0.05) is 12.1 Å². The van der Waals surface area contributed by atoms with Crippen LogP contribution in [0.5, 0.6) is 0 Å². The van der Waals surface area contributed by atoms with Gasteiger partial charge in [-0.05, 0) is 26.2 Å². The maximum absolute atomic E-state index is 11.1. The summed E-state index contributed by atoms with van der Waals surface area (Å²) in [5, 5.41) is 3.29. The summed E-state index contributed by atoms with van der Waals surface area (Å²) < 4.78 is 0. The number of anilines is 2. The van der Waals surface area contributed by atoms with Crippen LogP contribution < -0.4 is 10.2 Å². The normalized spacial score (nSPS) is 18.8. The molecule has 0 radical (unpaired) electrons. The minimum absolute atomic E-state index is 0.0650. The Bertz CT molecular complexity index is 392. The minimum atomic E-state index is -0.0650. The predicted molar refractivity (Wildman–Crippen MR) is 70.7 cm³/mol. The number of carbonyl (C=O) groups is 1. The van der Waals surface area contributed by atoms with E-state index in [0.29, 0.717) is 6.54 Å². The molecule has 0 aromatic heterocycles. The van der Waals surface area contributed by atoms with Gasteiger partial charge < -0.3 is 19.9 Å². The van der Waals surface area contributed by atoms with Crippen molar-refractivity contribution in [3.05, 3.63) is 24.3 Å². The molecule has 0 spiro atoms.